The highest BCUT2D eigenvalue weighted by atomic mass is 32.1. The van der Waals surface area contributed by atoms with Gasteiger partial charge in [-0.25, -0.2) is 4.79 Å². The molecule has 0 aliphatic carbocycles. The van der Waals surface area contributed by atoms with Gasteiger partial charge in [0.25, 0.3) is 11.4 Å². The molecule has 1 aromatic carbocycles. The Bertz CT molecular complexity index is 1450. The van der Waals surface area contributed by atoms with Gasteiger partial charge in [0.2, 0.25) is 11.7 Å². The van der Waals surface area contributed by atoms with Gasteiger partial charge in [0.15, 0.2) is 0 Å². The number of anilines is 1. The fourth-order valence-corrected chi connectivity index (χ4v) is 4.32. The third kappa shape index (κ3) is 4.85. The minimum absolute atomic E-state index is 0.0540. The van der Waals surface area contributed by atoms with Crippen LogP contribution in [-0.2, 0) is 16.1 Å². The van der Waals surface area contributed by atoms with Crippen LogP contribution in [0.4, 0.5) is 5.69 Å². The molecule has 0 bridgehead atoms. The monoisotopic (exact) mass is 494 g/mol. The summed E-state index contributed by atoms with van der Waals surface area (Å²) in [7, 11) is 2.84. The average Bonchev–Trinajstić information content (AvgIpc) is 3.51. The number of aromatic nitrogens is 3. The number of ether oxygens (including phenoxy) is 2. The van der Waals surface area contributed by atoms with Gasteiger partial charge in [0.05, 0.1) is 19.9 Å². The highest BCUT2D eigenvalue weighted by Crippen LogP contribution is 2.25. The number of methoxy groups -OCH3 is 2. The van der Waals surface area contributed by atoms with Crippen LogP contribution in [-0.4, -0.2) is 40.8 Å². The highest BCUT2D eigenvalue weighted by Gasteiger charge is 2.21. The number of pyridine rings is 1. The van der Waals surface area contributed by atoms with Crippen molar-refractivity contribution in [3.8, 4) is 28.6 Å². The molecule has 0 aliphatic rings. The summed E-state index contributed by atoms with van der Waals surface area (Å²) in [6, 6.07) is 10.5. The normalized spacial score (nSPS) is 10.7. The maximum Gasteiger partial charge on any atom is 0.350 e. The van der Waals surface area contributed by atoms with Gasteiger partial charge in [0.1, 0.15) is 22.7 Å². The van der Waals surface area contributed by atoms with Crippen molar-refractivity contribution in [1.82, 2.24) is 14.7 Å². The quantitative estimate of drug-likeness (QED) is 0.386. The number of nitrogens with zero attached hydrogens (tertiary/aromatic N) is 3. The summed E-state index contributed by atoms with van der Waals surface area (Å²) in [6.07, 6.45) is 0. The van der Waals surface area contributed by atoms with Crippen molar-refractivity contribution in [2.24, 2.45) is 0 Å². The molecule has 1 N–H and O–H groups in total. The number of hydrogen-bond donors (Lipinski definition) is 1. The molecule has 0 atom stereocenters. The van der Waals surface area contributed by atoms with Crippen LogP contribution in [0.3, 0.4) is 0 Å². The van der Waals surface area contributed by atoms with Crippen LogP contribution in [0, 0.1) is 13.8 Å². The minimum atomic E-state index is -0.551. The van der Waals surface area contributed by atoms with E-state index >= 15 is 0 Å². The second-order valence-corrected chi connectivity index (χ2v) is 8.51. The summed E-state index contributed by atoms with van der Waals surface area (Å²) < 4.78 is 16.6. The topological polar surface area (TPSA) is 126 Å². The second-order valence-electron chi connectivity index (χ2n) is 7.59. The lowest BCUT2D eigenvalue weighted by Gasteiger charge is -2.13. The molecular formula is C24H22N4O6S. The summed E-state index contributed by atoms with van der Waals surface area (Å²) in [4.78, 5) is 42.6. The second kappa shape index (κ2) is 9.94. The number of hydrogen-bond acceptors (Lipinski definition) is 9. The van der Waals surface area contributed by atoms with Crippen molar-refractivity contribution in [3.05, 3.63) is 68.3 Å². The van der Waals surface area contributed by atoms with Crippen LogP contribution < -0.4 is 15.6 Å². The van der Waals surface area contributed by atoms with Gasteiger partial charge < -0.3 is 23.9 Å². The molecule has 0 aliphatic heterocycles. The Morgan fingerprint density at radius 2 is 1.89 bits per heavy atom. The van der Waals surface area contributed by atoms with Crippen molar-refractivity contribution >= 4 is 28.9 Å². The molecule has 10 nitrogen and oxygen atoms in total. The number of thiophene rings is 1. The van der Waals surface area contributed by atoms with Gasteiger partial charge in [-0.3, -0.25) is 9.59 Å². The first-order valence-electron chi connectivity index (χ1n) is 10.5. The zero-order chi connectivity index (χ0) is 25.1. The van der Waals surface area contributed by atoms with Gasteiger partial charge in [0, 0.05) is 11.3 Å². The summed E-state index contributed by atoms with van der Waals surface area (Å²) in [5.74, 6) is 0.0370. The standard InChI is InChI=1S/C24H22N4O6S/c1-13-11-14(2)28(12-18(29)25-17-9-10-35-20(17)24(31)33-4)23(30)19(13)22-26-21(27-34-22)15-5-7-16(32-3)8-6-15/h5-11H,12H2,1-4H3,(H,25,29). The lowest BCUT2D eigenvalue weighted by atomic mass is 10.1. The molecule has 0 spiro atoms. The van der Waals surface area contributed by atoms with Crippen molar-refractivity contribution in [3.63, 3.8) is 0 Å². The van der Waals surface area contributed by atoms with E-state index in [0.717, 1.165) is 11.3 Å². The summed E-state index contributed by atoms with van der Waals surface area (Å²) in [5, 5.41) is 8.33. The number of carbonyl (C=O) groups excluding carboxylic acids is 2. The van der Waals surface area contributed by atoms with Gasteiger partial charge >= 0.3 is 5.97 Å². The van der Waals surface area contributed by atoms with Crippen molar-refractivity contribution < 1.29 is 23.6 Å². The molecule has 0 unspecified atom stereocenters. The molecule has 3 heterocycles. The van der Waals surface area contributed by atoms with Crippen LogP contribution >= 0.6 is 11.3 Å². The fourth-order valence-electron chi connectivity index (χ4n) is 3.56. The molecule has 1 amide bonds. The number of nitrogens with one attached hydrogen (secondary N) is 1. The Morgan fingerprint density at radius 3 is 2.57 bits per heavy atom. The molecule has 4 aromatic rings. The van der Waals surface area contributed by atoms with E-state index < -0.39 is 17.4 Å². The predicted octanol–water partition coefficient (Wildman–Crippen LogP) is 3.68. The van der Waals surface area contributed by atoms with E-state index in [-0.39, 0.29) is 22.9 Å². The van der Waals surface area contributed by atoms with Crippen molar-refractivity contribution in [2.75, 3.05) is 19.5 Å². The van der Waals surface area contributed by atoms with E-state index in [4.69, 9.17) is 14.0 Å². The molecule has 4 rings (SSSR count). The predicted molar refractivity (Wildman–Crippen MR) is 130 cm³/mol. The van der Waals surface area contributed by atoms with Crippen LogP contribution in [0.1, 0.15) is 20.9 Å². The van der Waals surface area contributed by atoms with E-state index in [0.29, 0.717) is 34.1 Å². The van der Waals surface area contributed by atoms with E-state index in [1.54, 1.807) is 62.7 Å². The lowest BCUT2D eigenvalue weighted by Crippen LogP contribution is -2.31. The largest absolute Gasteiger partial charge is 0.497 e. The van der Waals surface area contributed by atoms with Gasteiger partial charge in [-0.15, -0.1) is 11.3 Å². The Kier molecular flexibility index (Phi) is 6.78. The number of rotatable bonds is 7. The van der Waals surface area contributed by atoms with E-state index in [1.165, 1.54) is 11.7 Å². The Morgan fingerprint density at radius 1 is 1.14 bits per heavy atom. The number of amides is 1. The summed E-state index contributed by atoms with van der Waals surface area (Å²) >= 11 is 1.15. The summed E-state index contributed by atoms with van der Waals surface area (Å²) in [5.41, 5.74) is 2.01. The van der Waals surface area contributed by atoms with Crippen LogP contribution in [0.5, 0.6) is 5.75 Å². The van der Waals surface area contributed by atoms with Crippen molar-refractivity contribution in [1.29, 1.82) is 0 Å². The number of carbonyl (C=O) groups is 2. The minimum Gasteiger partial charge on any atom is -0.497 e. The smallest absolute Gasteiger partial charge is 0.350 e. The van der Waals surface area contributed by atoms with Gasteiger partial charge in [-0.2, -0.15) is 4.98 Å². The number of benzene rings is 1. The molecular weight excluding hydrogens is 472 g/mol. The lowest BCUT2D eigenvalue weighted by molar-refractivity contribution is -0.116. The molecule has 180 valence electrons. The molecule has 11 heteroatoms. The molecule has 35 heavy (non-hydrogen) atoms. The molecule has 3 aromatic heterocycles. The first-order chi connectivity index (χ1) is 16.8. The molecule has 0 saturated heterocycles. The number of esters is 1. The highest BCUT2D eigenvalue weighted by molar-refractivity contribution is 7.12. The van der Waals surface area contributed by atoms with Crippen LogP contribution in [0.25, 0.3) is 22.8 Å². The first kappa shape index (κ1) is 23.9. The van der Waals surface area contributed by atoms with Crippen LogP contribution in [0.2, 0.25) is 0 Å². The fraction of sp³-hybridized carbons (Fsp3) is 0.208. The Labute approximate surface area is 204 Å². The maximum absolute atomic E-state index is 13.4. The molecule has 0 fully saturated rings. The molecule has 0 saturated carbocycles. The Balaban J connectivity index is 1.62. The maximum atomic E-state index is 13.4. The molecule has 0 radical (unpaired) electrons. The zero-order valence-electron chi connectivity index (χ0n) is 19.4. The van der Waals surface area contributed by atoms with Gasteiger partial charge in [-0.05, 0) is 61.2 Å². The SMILES string of the molecule is COC(=O)c1sccc1NC(=O)Cn1c(C)cc(C)c(-c2nc(-c3ccc(OC)cc3)no2)c1=O. The third-order valence-electron chi connectivity index (χ3n) is 5.30. The van der Waals surface area contributed by atoms with E-state index in [9.17, 15) is 14.4 Å². The zero-order valence-corrected chi connectivity index (χ0v) is 20.3. The number of aryl methyl sites for hydroxylation is 2. The Hall–Kier alpha value is -4.25. The van der Waals surface area contributed by atoms with Gasteiger partial charge in [-0.1, -0.05) is 5.16 Å². The first-order valence-corrected chi connectivity index (χ1v) is 11.4. The average molecular weight is 495 g/mol. The van der Waals surface area contributed by atoms with E-state index in [2.05, 4.69) is 15.5 Å². The van der Waals surface area contributed by atoms with Crippen LogP contribution in [0.15, 0.2) is 51.1 Å². The van der Waals surface area contributed by atoms with Crippen molar-refractivity contribution in [2.45, 2.75) is 20.4 Å². The summed E-state index contributed by atoms with van der Waals surface area (Å²) in [6.45, 7) is 3.22. The van der Waals surface area contributed by atoms with E-state index in [1.807, 2.05) is 0 Å². The third-order valence-corrected chi connectivity index (χ3v) is 6.20.